The smallest absolute Gasteiger partial charge is 0.316 e. The summed E-state index contributed by atoms with van der Waals surface area (Å²) in [5.41, 5.74) is 0.406. The third-order valence-electron chi connectivity index (χ3n) is 1.95. The van der Waals surface area contributed by atoms with Gasteiger partial charge in [-0.15, -0.1) is 0 Å². The molecule has 0 aliphatic rings. The fourth-order valence-electron chi connectivity index (χ4n) is 0.941. The van der Waals surface area contributed by atoms with Gasteiger partial charge < -0.3 is 4.74 Å². The Hall–Kier alpha value is -1.02. The third kappa shape index (κ3) is 3.24. The molecule has 0 unspecified atom stereocenters. The van der Waals surface area contributed by atoms with Crippen molar-refractivity contribution in [3.8, 4) is 5.75 Å². The second-order valence-corrected chi connectivity index (χ2v) is 4.96. The summed E-state index contributed by atoms with van der Waals surface area (Å²) in [4.78, 5) is 11.6. The van der Waals surface area contributed by atoms with E-state index in [1.807, 2.05) is 27.7 Å². The molecule has 0 N–H and O–H groups in total. The van der Waals surface area contributed by atoms with Crippen LogP contribution < -0.4 is 4.74 Å². The summed E-state index contributed by atoms with van der Waals surface area (Å²) >= 11 is 5.87. The average Bonchev–Trinajstić information content (AvgIpc) is 2.10. The molecular weight excluding hydrogens is 212 g/mol. The lowest BCUT2D eigenvalue weighted by atomic mass is 9.97. The van der Waals surface area contributed by atoms with Crippen LogP contribution in [0.15, 0.2) is 18.2 Å². The number of hydrogen-bond acceptors (Lipinski definition) is 2. The van der Waals surface area contributed by atoms with Gasteiger partial charge in [0, 0.05) is 5.02 Å². The van der Waals surface area contributed by atoms with Crippen LogP contribution in [0.4, 0.5) is 0 Å². The van der Waals surface area contributed by atoms with E-state index in [-0.39, 0.29) is 5.97 Å². The molecule has 0 aromatic heterocycles. The number of halogens is 1. The lowest BCUT2D eigenvalue weighted by Gasteiger charge is -2.16. The number of esters is 1. The summed E-state index contributed by atoms with van der Waals surface area (Å²) < 4.78 is 5.22. The fourth-order valence-corrected chi connectivity index (χ4v) is 1.06. The van der Waals surface area contributed by atoms with Crippen molar-refractivity contribution in [2.75, 3.05) is 0 Å². The molecule has 82 valence electrons. The Kier molecular flexibility index (Phi) is 3.40. The van der Waals surface area contributed by atoms with Gasteiger partial charge in [0.1, 0.15) is 5.75 Å². The molecule has 0 aliphatic carbocycles. The van der Waals surface area contributed by atoms with Crippen LogP contribution >= 0.6 is 11.6 Å². The van der Waals surface area contributed by atoms with Gasteiger partial charge in [0.2, 0.25) is 0 Å². The lowest BCUT2D eigenvalue weighted by molar-refractivity contribution is -0.142. The lowest BCUT2D eigenvalue weighted by Crippen LogP contribution is -2.25. The van der Waals surface area contributed by atoms with Gasteiger partial charge in [-0.2, -0.15) is 0 Å². The van der Waals surface area contributed by atoms with Gasteiger partial charge in [-0.05, 0) is 51.5 Å². The van der Waals surface area contributed by atoms with Crippen molar-refractivity contribution in [3.05, 3.63) is 28.8 Å². The standard InChI is InChI=1S/C12H15ClO2/c1-8-7-9(5-6-10(8)13)15-11(14)12(2,3)4/h5-7H,1-4H3. The molecule has 2 nitrogen and oxygen atoms in total. The molecule has 3 heteroatoms. The Morgan fingerprint density at radius 2 is 1.93 bits per heavy atom. The summed E-state index contributed by atoms with van der Waals surface area (Å²) in [7, 11) is 0. The van der Waals surface area contributed by atoms with Crippen LogP contribution in [0, 0.1) is 12.3 Å². The predicted molar refractivity (Wildman–Crippen MR) is 61.3 cm³/mol. The minimum absolute atomic E-state index is 0.246. The monoisotopic (exact) mass is 226 g/mol. The van der Waals surface area contributed by atoms with Crippen molar-refractivity contribution in [3.63, 3.8) is 0 Å². The maximum absolute atomic E-state index is 11.6. The zero-order valence-corrected chi connectivity index (χ0v) is 10.2. The van der Waals surface area contributed by atoms with Crippen LogP contribution in [0.1, 0.15) is 26.3 Å². The van der Waals surface area contributed by atoms with Crippen LogP contribution in [0.2, 0.25) is 5.02 Å². The third-order valence-corrected chi connectivity index (χ3v) is 2.38. The van der Waals surface area contributed by atoms with E-state index in [1.54, 1.807) is 18.2 Å². The zero-order chi connectivity index (χ0) is 11.6. The number of rotatable bonds is 1. The molecule has 1 rings (SSSR count). The Morgan fingerprint density at radius 1 is 1.33 bits per heavy atom. The van der Waals surface area contributed by atoms with Gasteiger partial charge in [0.15, 0.2) is 0 Å². The molecule has 0 fully saturated rings. The Morgan fingerprint density at radius 3 is 2.40 bits per heavy atom. The number of aryl methyl sites for hydroxylation is 1. The minimum atomic E-state index is -0.493. The molecular formula is C12H15ClO2. The zero-order valence-electron chi connectivity index (χ0n) is 9.43. The van der Waals surface area contributed by atoms with Gasteiger partial charge in [-0.25, -0.2) is 0 Å². The van der Waals surface area contributed by atoms with Crippen LogP contribution in [-0.4, -0.2) is 5.97 Å². The largest absolute Gasteiger partial charge is 0.426 e. The first-order valence-electron chi connectivity index (χ1n) is 4.79. The van der Waals surface area contributed by atoms with Crippen LogP contribution in [0.25, 0.3) is 0 Å². The number of carbonyl (C=O) groups is 1. The van der Waals surface area contributed by atoms with Crippen molar-refractivity contribution in [2.45, 2.75) is 27.7 Å². The number of hydrogen-bond donors (Lipinski definition) is 0. The van der Waals surface area contributed by atoms with Crippen molar-refractivity contribution < 1.29 is 9.53 Å². The van der Waals surface area contributed by atoms with Crippen molar-refractivity contribution in [1.29, 1.82) is 0 Å². The normalized spacial score (nSPS) is 11.3. The fraction of sp³-hybridized carbons (Fsp3) is 0.417. The quantitative estimate of drug-likeness (QED) is 0.540. The SMILES string of the molecule is Cc1cc(OC(=O)C(C)(C)C)ccc1Cl. The molecule has 0 bridgehead atoms. The van der Waals surface area contributed by atoms with Crippen molar-refractivity contribution in [2.24, 2.45) is 5.41 Å². The van der Waals surface area contributed by atoms with E-state index in [1.165, 1.54) is 0 Å². The first kappa shape index (κ1) is 12.1. The molecule has 1 aromatic carbocycles. The highest BCUT2D eigenvalue weighted by Gasteiger charge is 2.23. The first-order valence-corrected chi connectivity index (χ1v) is 5.17. The van der Waals surface area contributed by atoms with E-state index >= 15 is 0 Å². The Labute approximate surface area is 95.2 Å². The number of carbonyl (C=O) groups excluding carboxylic acids is 1. The maximum atomic E-state index is 11.6. The maximum Gasteiger partial charge on any atom is 0.316 e. The Bertz CT molecular complexity index is 378. The molecule has 15 heavy (non-hydrogen) atoms. The predicted octanol–water partition coefficient (Wildman–Crippen LogP) is 3.60. The molecule has 0 spiro atoms. The van der Waals surface area contributed by atoms with Crippen molar-refractivity contribution in [1.82, 2.24) is 0 Å². The second-order valence-electron chi connectivity index (χ2n) is 4.55. The Balaban J connectivity index is 2.83. The van der Waals surface area contributed by atoms with E-state index in [4.69, 9.17) is 16.3 Å². The highest BCUT2D eigenvalue weighted by Crippen LogP contribution is 2.23. The summed E-state index contributed by atoms with van der Waals surface area (Å²) in [5.74, 6) is 0.293. The van der Waals surface area contributed by atoms with E-state index in [2.05, 4.69) is 0 Å². The van der Waals surface area contributed by atoms with Gasteiger partial charge >= 0.3 is 5.97 Å². The molecule has 0 atom stereocenters. The van der Waals surface area contributed by atoms with Crippen LogP contribution in [-0.2, 0) is 4.79 Å². The average molecular weight is 227 g/mol. The molecule has 0 aliphatic heterocycles. The van der Waals surface area contributed by atoms with Gasteiger partial charge in [0.05, 0.1) is 5.41 Å². The summed E-state index contributed by atoms with van der Waals surface area (Å²) in [6.07, 6.45) is 0. The molecule has 0 saturated heterocycles. The van der Waals surface area contributed by atoms with E-state index < -0.39 is 5.41 Å². The van der Waals surface area contributed by atoms with Gasteiger partial charge in [-0.1, -0.05) is 11.6 Å². The van der Waals surface area contributed by atoms with Gasteiger partial charge in [0.25, 0.3) is 0 Å². The van der Waals surface area contributed by atoms with Crippen LogP contribution in [0.5, 0.6) is 5.75 Å². The van der Waals surface area contributed by atoms with Crippen molar-refractivity contribution >= 4 is 17.6 Å². The molecule has 0 saturated carbocycles. The summed E-state index contributed by atoms with van der Waals surface area (Å²) in [5, 5.41) is 0.672. The summed E-state index contributed by atoms with van der Waals surface area (Å²) in [6.45, 7) is 7.32. The molecule has 0 amide bonds. The topological polar surface area (TPSA) is 26.3 Å². The van der Waals surface area contributed by atoms with E-state index in [0.29, 0.717) is 10.8 Å². The molecule has 0 heterocycles. The number of ether oxygens (including phenoxy) is 1. The second kappa shape index (κ2) is 4.23. The van der Waals surface area contributed by atoms with E-state index in [0.717, 1.165) is 5.56 Å². The molecule has 0 radical (unpaired) electrons. The molecule has 1 aromatic rings. The first-order chi connectivity index (χ1) is 6.80. The van der Waals surface area contributed by atoms with Gasteiger partial charge in [-0.3, -0.25) is 4.79 Å². The minimum Gasteiger partial charge on any atom is -0.426 e. The number of benzene rings is 1. The highest BCUT2D eigenvalue weighted by molar-refractivity contribution is 6.31. The van der Waals surface area contributed by atoms with Crippen LogP contribution in [0.3, 0.4) is 0 Å². The van der Waals surface area contributed by atoms with E-state index in [9.17, 15) is 4.79 Å². The highest BCUT2D eigenvalue weighted by atomic mass is 35.5. The summed E-state index contributed by atoms with van der Waals surface area (Å²) in [6, 6.07) is 5.17.